The van der Waals surface area contributed by atoms with E-state index in [4.69, 9.17) is 12.8 Å². The molecule has 0 aliphatic carbocycles. The molecule has 0 amide bonds. The molecule has 1 rings (SSSR count). The molecule has 0 bridgehead atoms. The zero-order valence-corrected chi connectivity index (χ0v) is 4.53. The van der Waals surface area contributed by atoms with Crippen molar-refractivity contribution in [3.8, 4) is 24.7 Å². The largest absolute Gasteiger partial charge is 0.124 e. The summed E-state index contributed by atoms with van der Waals surface area (Å²) in [5.41, 5.74) is 0. The third kappa shape index (κ3) is 0.734. The Bertz CT molecular complexity index is 129. The molecule has 0 saturated carbocycles. The van der Waals surface area contributed by atoms with E-state index in [1.165, 1.54) is 0 Å². The van der Waals surface area contributed by atoms with Gasteiger partial charge in [0.1, 0.15) is 0 Å². The lowest BCUT2D eigenvalue weighted by Crippen LogP contribution is -1.82. The molecular formula is C6H4S. The van der Waals surface area contributed by atoms with Crippen LogP contribution in [0.3, 0.4) is 0 Å². The highest BCUT2D eigenvalue weighted by Crippen LogP contribution is 2.39. The zero-order valence-electron chi connectivity index (χ0n) is 3.72. The standard InChI is InChI=1S/C6H4S/c1-3-5-6(4-2)7-5/h1-2,5-6H/t5-,6-/m1/s1. The van der Waals surface area contributed by atoms with Gasteiger partial charge in [0.05, 0.1) is 10.5 Å². The van der Waals surface area contributed by atoms with E-state index >= 15 is 0 Å². The van der Waals surface area contributed by atoms with Gasteiger partial charge < -0.3 is 0 Å². The molecular weight excluding hydrogens is 104 g/mol. The van der Waals surface area contributed by atoms with Crippen LogP contribution in [0.25, 0.3) is 0 Å². The van der Waals surface area contributed by atoms with Crippen molar-refractivity contribution in [1.29, 1.82) is 0 Å². The fourth-order valence-electron chi connectivity index (χ4n) is 0.366. The van der Waals surface area contributed by atoms with Gasteiger partial charge in [-0.2, -0.15) is 0 Å². The molecule has 0 aromatic carbocycles. The average molecular weight is 108 g/mol. The predicted octanol–water partition coefficient (Wildman–Crippen LogP) is 0.737. The molecule has 1 fully saturated rings. The molecule has 1 aliphatic heterocycles. The van der Waals surface area contributed by atoms with Crippen molar-refractivity contribution in [3.63, 3.8) is 0 Å². The fraction of sp³-hybridized carbons (Fsp3) is 0.333. The topological polar surface area (TPSA) is 0 Å². The molecule has 0 spiro atoms. The molecule has 7 heavy (non-hydrogen) atoms. The smallest absolute Gasteiger partial charge is 0.0896 e. The van der Waals surface area contributed by atoms with Gasteiger partial charge in [0.15, 0.2) is 0 Å². The van der Waals surface area contributed by atoms with Crippen LogP contribution in [0.4, 0.5) is 0 Å². The molecule has 1 heteroatoms. The monoisotopic (exact) mass is 108 g/mol. The molecule has 0 N–H and O–H groups in total. The van der Waals surface area contributed by atoms with Crippen LogP contribution >= 0.6 is 11.8 Å². The van der Waals surface area contributed by atoms with Crippen LogP contribution in [-0.2, 0) is 0 Å². The molecule has 1 aliphatic rings. The number of thioether (sulfide) groups is 1. The third-order valence-electron chi connectivity index (χ3n) is 0.820. The van der Waals surface area contributed by atoms with Crippen molar-refractivity contribution in [2.24, 2.45) is 0 Å². The highest BCUT2D eigenvalue weighted by Gasteiger charge is 2.34. The minimum absolute atomic E-state index is 0.324. The zero-order chi connectivity index (χ0) is 5.28. The second-order valence-electron chi connectivity index (χ2n) is 1.31. The second kappa shape index (κ2) is 1.52. The van der Waals surface area contributed by atoms with Gasteiger partial charge in [-0.15, -0.1) is 24.6 Å². The Morgan fingerprint density at radius 3 is 1.71 bits per heavy atom. The minimum Gasteiger partial charge on any atom is -0.124 e. The lowest BCUT2D eigenvalue weighted by Gasteiger charge is -1.65. The van der Waals surface area contributed by atoms with Gasteiger partial charge in [-0.25, -0.2) is 0 Å². The first-order valence-electron chi connectivity index (χ1n) is 1.96. The maximum Gasteiger partial charge on any atom is 0.0896 e. The van der Waals surface area contributed by atoms with E-state index < -0.39 is 0 Å². The van der Waals surface area contributed by atoms with Gasteiger partial charge in [-0.05, 0) is 0 Å². The summed E-state index contributed by atoms with van der Waals surface area (Å²) in [5, 5.41) is 0.648. The van der Waals surface area contributed by atoms with E-state index in [9.17, 15) is 0 Å². The molecule has 1 heterocycles. The van der Waals surface area contributed by atoms with Crippen LogP contribution in [0.5, 0.6) is 0 Å². The Hall–Kier alpha value is -0.530. The maximum absolute atomic E-state index is 5.03. The summed E-state index contributed by atoms with van der Waals surface area (Å²) in [7, 11) is 0. The SMILES string of the molecule is C#C[C@H]1S[C@@H]1C#C. The normalized spacial score (nSPS) is 35.7. The molecule has 0 aromatic heterocycles. The predicted molar refractivity (Wildman–Crippen MR) is 32.8 cm³/mol. The number of hydrogen-bond acceptors (Lipinski definition) is 1. The molecule has 1 saturated heterocycles. The highest BCUT2D eigenvalue weighted by molar-refractivity contribution is 8.08. The van der Waals surface area contributed by atoms with Crippen LogP contribution in [0.2, 0.25) is 0 Å². The summed E-state index contributed by atoms with van der Waals surface area (Å²) >= 11 is 1.66. The lowest BCUT2D eigenvalue weighted by atomic mass is 10.3. The van der Waals surface area contributed by atoms with Gasteiger partial charge in [-0.3, -0.25) is 0 Å². The molecule has 0 aromatic rings. The molecule has 0 radical (unpaired) electrons. The highest BCUT2D eigenvalue weighted by atomic mass is 32.2. The summed E-state index contributed by atoms with van der Waals surface area (Å²) in [6, 6.07) is 0. The number of rotatable bonds is 0. The summed E-state index contributed by atoms with van der Waals surface area (Å²) in [5.74, 6) is 5.12. The first-order chi connectivity index (χ1) is 3.38. The first kappa shape index (κ1) is 4.62. The summed E-state index contributed by atoms with van der Waals surface area (Å²) in [4.78, 5) is 0. The van der Waals surface area contributed by atoms with E-state index in [2.05, 4.69) is 11.8 Å². The molecule has 34 valence electrons. The summed E-state index contributed by atoms with van der Waals surface area (Å²) < 4.78 is 0. The van der Waals surface area contributed by atoms with Crippen molar-refractivity contribution in [3.05, 3.63) is 0 Å². The van der Waals surface area contributed by atoms with Gasteiger partial charge >= 0.3 is 0 Å². The van der Waals surface area contributed by atoms with Gasteiger partial charge in [0.2, 0.25) is 0 Å². The Morgan fingerprint density at radius 2 is 1.57 bits per heavy atom. The van der Waals surface area contributed by atoms with Gasteiger partial charge in [0.25, 0.3) is 0 Å². The maximum atomic E-state index is 5.03. The fourth-order valence-corrected chi connectivity index (χ4v) is 0.905. The van der Waals surface area contributed by atoms with Gasteiger partial charge in [0, 0.05) is 0 Å². The second-order valence-corrected chi connectivity index (χ2v) is 2.60. The molecule has 0 nitrogen and oxygen atoms in total. The van der Waals surface area contributed by atoms with Gasteiger partial charge in [-0.1, -0.05) is 11.8 Å². The quantitative estimate of drug-likeness (QED) is 0.326. The van der Waals surface area contributed by atoms with E-state index in [0.29, 0.717) is 10.5 Å². The Balaban J connectivity index is 2.39. The van der Waals surface area contributed by atoms with Crippen LogP contribution in [-0.4, -0.2) is 10.5 Å². The van der Waals surface area contributed by atoms with Crippen molar-refractivity contribution >= 4 is 11.8 Å². The van der Waals surface area contributed by atoms with E-state index in [1.807, 2.05) is 0 Å². The van der Waals surface area contributed by atoms with Crippen molar-refractivity contribution < 1.29 is 0 Å². The third-order valence-corrected chi connectivity index (χ3v) is 1.91. The number of hydrogen-bond donors (Lipinski definition) is 0. The first-order valence-corrected chi connectivity index (χ1v) is 2.90. The Labute approximate surface area is 47.7 Å². The minimum atomic E-state index is 0.324. The van der Waals surface area contributed by atoms with E-state index in [0.717, 1.165) is 0 Å². The van der Waals surface area contributed by atoms with Crippen molar-refractivity contribution in [2.75, 3.05) is 0 Å². The Morgan fingerprint density at radius 1 is 1.14 bits per heavy atom. The van der Waals surface area contributed by atoms with Crippen LogP contribution in [0, 0.1) is 24.7 Å². The lowest BCUT2D eigenvalue weighted by molar-refractivity contribution is 1.32. The molecule has 2 atom stereocenters. The Kier molecular flexibility index (Phi) is 1.01. The van der Waals surface area contributed by atoms with Crippen LogP contribution < -0.4 is 0 Å². The molecule has 0 unspecified atom stereocenters. The number of terminal acetylenes is 2. The van der Waals surface area contributed by atoms with Crippen molar-refractivity contribution in [1.82, 2.24) is 0 Å². The summed E-state index contributed by atoms with van der Waals surface area (Å²) in [6.45, 7) is 0. The van der Waals surface area contributed by atoms with E-state index in [-0.39, 0.29) is 0 Å². The van der Waals surface area contributed by atoms with Crippen molar-refractivity contribution in [2.45, 2.75) is 10.5 Å². The van der Waals surface area contributed by atoms with E-state index in [1.54, 1.807) is 11.8 Å². The van der Waals surface area contributed by atoms with Crippen LogP contribution in [0.15, 0.2) is 0 Å². The summed E-state index contributed by atoms with van der Waals surface area (Å²) in [6.07, 6.45) is 10.1. The van der Waals surface area contributed by atoms with Crippen LogP contribution in [0.1, 0.15) is 0 Å². The average Bonchev–Trinajstić information content (AvgIpc) is 2.43.